The zero-order valence-electron chi connectivity index (χ0n) is 16.4. The normalized spacial score (nSPS) is 17.8. The highest BCUT2D eigenvalue weighted by Crippen LogP contribution is 2.25. The van der Waals surface area contributed by atoms with Crippen LogP contribution in [0.4, 0.5) is 5.82 Å². The minimum Gasteiger partial charge on any atom is -0.385 e. The van der Waals surface area contributed by atoms with Crippen molar-refractivity contribution in [3.8, 4) is 0 Å². The molecule has 2 aromatic heterocycles. The summed E-state index contributed by atoms with van der Waals surface area (Å²) in [6, 6.07) is 13.1. The number of hydrogen-bond acceptors (Lipinski definition) is 6. The van der Waals surface area contributed by atoms with Crippen molar-refractivity contribution >= 4 is 28.1 Å². The van der Waals surface area contributed by atoms with Gasteiger partial charge in [-0.3, -0.25) is 4.90 Å². The molecule has 0 saturated carbocycles. The molecule has 4 rings (SSSR count). The average Bonchev–Trinajstić information content (AvgIpc) is 3.25. The van der Waals surface area contributed by atoms with Crippen LogP contribution in [0.25, 0.3) is 10.9 Å². The van der Waals surface area contributed by atoms with E-state index in [2.05, 4.69) is 39.9 Å². The molecule has 28 heavy (non-hydrogen) atoms. The van der Waals surface area contributed by atoms with Crippen molar-refractivity contribution in [2.75, 3.05) is 25.6 Å². The maximum atomic E-state index is 5.32. The highest BCUT2D eigenvalue weighted by Gasteiger charge is 2.23. The number of methoxy groups -OCH3 is 1. The number of likely N-dealkylation sites (tertiary alicyclic amines) is 1. The zero-order chi connectivity index (χ0) is 19.2. The molecular formula is C22H28N4OS. The molecule has 5 nitrogen and oxygen atoms in total. The molecule has 1 aliphatic rings. The van der Waals surface area contributed by atoms with Gasteiger partial charge in [0.25, 0.3) is 0 Å². The van der Waals surface area contributed by atoms with E-state index in [1.54, 1.807) is 18.4 Å². The molecule has 0 aliphatic carbocycles. The Balaban J connectivity index is 1.56. The summed E-state index contributed by atoms with van der Waals surface area (Å²) in [7, 11) is 1.78. The maximum Gasteiger partial charge on any atom is 0.145 e. The van der Waals surface area contributed by atoms with Gasteiger partial charge < -0.3 is 10.1 Å². The number of benzene rings is 1. The third-order valence-electron chi connectivity index (χ3n) is 5.41. The summed E-state index contributed by atoms with van der Waals surface area (Å²) < 4.78 is 5.32. The maximum absolute atomic E-state index is 5.32. The number of rotatable bonds is 8. The molecule has 3 heterocycles. The van der Waals surface area contributed by atoms with Crippen LogP contribution in [0, 0.1) is 0 Å². The Labute approximate surface area is 170 Å². The van der Waals surface area contributed by atoms with Crippen LogP contribution in [0.5, 0.6) is 0 Å². The average molecular weight is 397 g/mol. The Morgan fingerprint density at radius 2 is 2.11 bits per heavy atom. The highest BCUT2D eigenvalue weighted by molar-refractivity contribution is 7.09. The van der Waals surface area contributed by atoms with Crippen LogP contribution in [0.15, 0.2) is 41.8 Å². The Bertz CT molecular complexity index is 883. The minimum atomic E-state index is 0.561. The van der Waals surface area contributed by atoms with E-state index in [1.807, 2.05) is 12.1 Å². The number of hydrogen-bond donors (Lipinski definition) is 1. The summed E-state index contributed by atoms with van der Waals surface area (Å²) in [6.45, 7) is 3.51. The fraction of sp³-hybridized carbons (Fsp3) is 0.455. The first-order valence-electron chi connectivity index (χ1n) is 10.1. The molecule has 1 N–H and O–H groups in total. The number of aromatic nitrogens is 2. The van der Waals surface area contributed by atoms with Gasteiger partial charge in [-0.25, -0.2) is 9.97 Å². The molecule has 0 amide bonds. The van der Waals surface area contributed by atoms with E-state index in [1.165, 1.54) is 24.1 Å². The Hall–Kier alpha value is -2.02. The summed E-state index contributed by atoms with van der Waals surface area (Å²) in [6.07, 6.45) is 4.87. The van der Waals surface area contributed by atoms with Crippen LogP contribution in [0.1, 0.15) is 36.4 Å². The highest BCUT2D eigenvalue weighted by atomic mass is 32.1. The molecule has 0 bridgehead atoms. The Kier molecular flexibility index (Phi) is 6.52. The van der Waals surface area contributed by atoms with Crippen LogP contribution < -0.4 is 5.32 Å². The number of ether oxygens (including phenoxy) is 1. The lowest BCUT2D eigenvalue weighted by Gasteiger charge is -2.35. The molecular weight excluding hydrogens is 368 g/mol. The van der Waals surface area contributed by atoms with E-state index in [4.69, 9.17) is 14.7 Å². The largest absolute Gasteiger partial charge is 0.385 e. The topological polar surface area (TPSA) is 50.3 Å². The standard InChI is InChI=1S/C22H28N4OS/c1-27-13-11-17-7-4-5-12-26(17)16-21-24-20-10-3-2-9-19(20)22(25-21)23-15-18-8-6-14-28-18/h2-3,6,8-10,14,17H,4-5,7,11-13,15-16H2,1H3,(H,23,24,25)/t17-/m1/s1. The van der Waals surface area contributed by atoms with Crippen molar-refractivity contribution < 1.29 is 4.74 Å². The second-order valence-electron chi connectivity index (χ2n) is 7.34. The Morgan fingerprint density at radius 1 is 1.18 bits per heavy atom. The van der Waals surface area contributed by atoms with E-state index < -0.39 is 0 Å². The molecule has 3 aromatic rings. The lowest BCUT2D eigenvalue weighted by atomic mass is 9.99. The number of nitrogens with one attached hydrogen (secondary N) is 1. The SMILES string of the molecule is COCC[C@H]1CCCCN1Cc1nc(NCc2cccs2)c2ccccc2n1. The first-order chi connectivity index (χ1) is 13.8. The first-order valence-corrected chi connectivity index (χ1v) is 11.0. The summed E-state index contributed by atoms with van der Waals surface area (Å²) in [5, 5.41) is 6.72. The number of nitrogens with zero attached hydrogens (tertiary/aromatic N) is 3. The van der Waals surface area contributed by atoms with Crippen LogP contribution in [0.2, 0.25) is 0 Å². The molecule has 1 aliphatic heterocycles. The molecule has 6 heteroatoms. The summed E-state index contributed by atoms with van der Waals surface area (Å²) in [4.78, 5) is 13.6. The molecule has 148 valence electrons. The van der Waals surface area contributed by atoms with Crippen molar-refractivity contribution in [1.82, 2.24) is 14.9 Å². The van der Waals surface area contributed by atoms with Crippen molar-refractivity contribution in [3.63, 3.8) is 0 Å². The lowest BCUT2D eigenvalue weighted by molar-refractivity contribution is 0.0954. The Morgan fingerprint density at radius 3 is 2.96 bits per heavy atom. The zero-order valence-corrected chi connectivity index (χ0v) is 17.3. The molecule has 1 saturated heterocycles. The van der Waals surface area contributed by atoms with Gasteiger partial charge in [-0.2, -0.15) is 0 Å². The van der Waals surface area contributed by atoms with Crippen LogP contribution in [0.3, 0.4) is 0 Å². The minimum absolute atomic E-state index is 0.561. The first kappa shape index (κ1) is 19.3. The van der Waals surface area contributed by atoms with E-state index in [0.717, 1.165) is 55.2 Å². The van der Waals surface area contributed by atoms with Gasteiger partial charge in [-0.1, -0.05) is 24.6 Å². The predicted molar refractivity (Wildman–Crippen MR) is 116 cm³/mol. The third-order valence-corrected chi connectivity index (χ3v) is 6.28. The third kappa shape index (κ3) is 4.69. The van der Waals surface area contributed by atoms with E-state index >= 15 is 0 Å². The quantitative estimate of drug-likeness (QED) is 0.598. The molecule has 1 aromatic carbocycles. The van der Waals surface area contributed by atoms with Crippen LogP contribution in [-0.2, 0) is 17.8 Å². The second-order valence-corrected chi connectivity index (χ2v) is 8.37. The van der Waals surface area contributed by atoms with Gasteiger partial charge >= 0.3 is 0 Å². The van der Waals surface area contributed by atoms with Crippen LogP contribution in [-0.4, -0.2) is 41.2 Å². The van der Waals surface area contributed by atoms with E-state index in [9.17, 15) is 0 Å². The van der Waals surface area contributed by atoms with Gasteiger partial charge in [0.1, 0.15) is 11.6 Å². The number of para-hydroxylation sites is 1. The fourth-order valence-electron chi connectivity index (χ4n) is 3.94. The summed E-state index contributed by atoms with van der Waals surface area (Å²) in [5.74, 6) is 1.83. The van der Waals surface area contributed by atoms with Crippen molar-refractivity contribution in [2.24, 2.45) is 0 Å². The van der Waals surface area contributed by atoms with Gasteiger partial charge in [-0.05, 0) is 49.4 Å². The molecule has 1 fully saturated rings. The van der Waals surface area contributed by atoms with Gasteiger partial charge in [0.2, 0.25) is 0 Å². The number of anilines is 1. The van der Waals surface area contributed by atoms with Gasteiger partial charge in [-0.15, -0.1) is 11.3 Å². The van der Waals surface area contributed by atoms with Crippen molar-refractivity contribution in [1.29, 1.82) is 0 Å². The van der Waals surface area contributed by atoms with Crippen molar-refractivity contribution in [2.45, 2.75) is 44.8 Å². The summed E-state index contributed by atoms with van der Waals surface area (Å²) >= 11 is 1.76. The number of thiophene rings is 1. The van der Waals surface area contributed by atoms with Gasteiger partial charge in [0, 0.05) is 30.0 Å². The summed E-state index contributed by atoms with van der Waals surface area (Å²) in [5.41, 5.74) is 1.01. The van der Waals surface area contributed by atoms with Crippen molar-refractivity contribution in [3.05, 3.63) is 52.5 Å². The van der Waals surface area contributed by atoms with E-state index in [-0.39, 0.29) is 0 Å². The molecule has 0 radical (unpaired) electrons. The number of fused-ring (bicyclic) bond motifs is 1. The molecule has 0 unspecified atom stereocenters. The van der Waals surface area contributed by atoms with Crippen LogP contribution >= 0.6 is 11.3 Å². The monoisotopic (exact) mass is 396 g/mol. The lowest BCUT2D eigenvalue weighted by Crippen LogP contribution is -2.40. The van der Waals surface area contributed by atoms with Gasteiger partial charge in [0.05, 0.1) is 18.6 Å². The van der Waals surface area contributed by atoms with E-state index in [0.29, 0.717) is 6.04 Å². The smallest absolute Gasteiger partial charge is 0.145 e. The molecule has 1 atom stereocenters. The number of piperidine rings is 1. The predicted octanol–water partition coefficient (Wildman–Crippen LogP) is 4.69. The van der Waals surface area contributed by atoms with Gasteiger partial charge in [0.15, 0.2) is 0 Å². The molecule has 0 spiro atoms. The fourth-order valence-corrected chi connectivity index (χ4v) is 4.59. The second kappa shape index (κ2) is 9.45.